The summed E-state index contributed by atoms with van der Waals surface area (Å²) in [5, 5.41) is 46.0. The van der Waals surface area contributed by atoms with Gasteiger partial charge in [0.05, 0.1) is 24.2 Å². The van der Waals surface area contributed by atoms with Crippen molar-refractivity contribution in [3.63, 3.8) is 0 Å². The highest BCUT2D eigenvalue weighted by Crippen LogP contribution is 2.77. The van der Waals surface area contributed by atoms with Crippen LogP contribution in [-0.4, -0.2) is 63.2 Å². The lowest BCUT2D eigenvalue weighted by atomic mass is 9.35. The number of carbonyl (C=O) groups excluding carboxylic acids is 1. The van der Waals surface area contributed by atoms with Crippen molar-refractivity contribution in [3.05, 3.63) is 12.2 Å². The Hall–Kier alpha value is -0.990. The van der Waals surface area contributed by atoms with E-state index in [2.05, 4.69) is 6.58 Å². The summed E-state index contributed by atoms with van der Waals surface area (Å²) < 4.78 is 11.8. The molecule has 0 amide bonds. The lowest BCUT2D eigenvalue weighted by molar-refractivity contribution is -0.473. The molecule has 6 aliphatic rings. The second-order valence-electron chi connectivity index (χ2n) is 10.8. The molecule has 2 spiro atoms. The largest absolute Gasteiger partial charge is 0.462 e. The number of fused-ring (bicyclic) bond motifs is 2. The molecule has 0 radical (unpaired) electrons. The van der Waals surface area contributed by atoms with E-state index in [1.165, 1.54) is 6.92 Å². The van der Waals surface area contributed by atoms with Crippen molar-refractivity contribution in [2.45, 2.75) is 76.7 Å². The van der Waals surface area contributed by atoms with Crippen LogP contribution in [0.1, 0.15) is 46.5 Å². The molecule has 7 nitrogen and oxygen atoms in total. The van der Waals surface area contributed by atoms with E-state index in [0.717, 1.165) is 0 Å². The van der Waals surface area contributed by atoms with Crippen molar-refractivity contribution in [1.82, 2.24) is 0 Å². The van der Waals surface area contributed by atoms with E-state index in [4.69, 9.17) is 9.47 Å². The van der Waals surface area contributed by atoms with Crippen LogP contribution in [0.3, 0.4) is 0 Å². The Morgan fingerprint density at radius 2 is 1.93 bits per heavy atom. The van der Waals surface area contributed by atoms with Gasteiger partial charge in [0.15, 0.2) is 0 Å². The highest BCUT2D eigenvalue weighted by molar-refractivity contribution is 5.66. The molecule has 162 valence electrons. The first-order chi connectivity index (χ1) is 13.4. The van der Waals surface area contributed by atoms with Crippen LogP contribution in [0.4, 0.5) is 0 Å². The molecule has 2 saturated heterocycles. The molecule has 4 N–H and O–H groups in total. The highest BCUT2D eigenvalue weighted by atomic mass is 16.6. The molecule has 2 heterocycles. The van der Waals surface area contributed by atoms with Crippen LogP contribution in [0, 0.1) is 34.0 Å². The third-order valence-corrected chi connectivity index (χ3v) is 9.30. The monoisotopic (exact) mass is 408 g/mol. The van der Waals surface area contributed by atoms with Gasteiger partial charge in [0.2, 0.25) is 5.79 Å². The molecule has 6 fully saturated rings. The van der Waals surface area contributed by atoms with Gasteiger partial charge in [-0.3, -0.25) is 4.79 Å². The van der Waals surface area contributed by atoms with Crippen molar-refractivity contribution in [2.24, 2.45) is 34.0 Å². The summed E-state index contributed by atoms with van der Waals surface area (Å²) in [4.78, 5) is 12.0. The summed E-state index contributed by atoms with van der Waals surface area (Å²) in [5.41, 5.74) is -1.96. The minimum atomic E-state index is -1.99. The van der Waals surface area contributed by atoms with Crippen molar-refractivity contribution in [3.8, 4) is 0 Å². The van der Waals surface area contributed by atoms with E-state index in [-0.39, 0.29) is 17.9 Å². The Bertz CT molecular complexity index is 779. The van der Waals surface area contributed by atoms with E-state index in [1.54, 1.807) is 0 Å². The summed E-state index contributed by atoms with van der Waals surface area (Å²) in [6.07, 6.45) is -1.63. The topological polar surface area (TPSA) is 116 Å². The van der Waals surface area contributed by atoms with E-state index < -0.39 is 58.8 Å². The lowest BCUT2D eigenvalue weighted by Gasteiger charge is -2.75. The number of hydrogen-bond acceptors (Lipinski definition) is 7. The molecule has 0 aromatic carbocycles. The minimum Gasteiger partial charge on any atom is -0.462 e. The van der Waals surface area contributed by atoms with Gasteiger partial charge >= 0.3 is 5.97 Å². The Labute approximate surface area is 170 Å². The molecular weight excluding hydrogens is 376 g/mol. The number of aliphatic hydroxyl groups is 4. The van der Waals surface area contributed by atoms with Gasteiger partial charge in [-0.1, -0.05) is 20.4 Å². The van der Waals surface area contributed by atoms with Crippen LogP contribution < -0.4 is 0 Å². The number of carbonyl (C=O) groups is 1. The van der Waals surface area contributed by atoms with Crippen LogP contribution in [0.25, 0.3) is 0 Å². The predicted octanol–water partition coefficient (Wildman–Crippen LogP) is 0.738. The maximum Gasteiger partial charge on any atom is 0.302 e. The summed E-state index contributed by atoms with van der Waals surface area (Å²) in [6, 6.07) is 0. The molecule has 7 heteroatoms. The number of aliphatic hydroxyl groups excluding tert-OH is 3. The molecular formula is C22H32O7. The van der Waals surface area contributed by atoms with Crippen LogP contribution in [0.15, 0.2) is 12.2 Å². The van der Waals surface area contributed by atoms with Gasteiger partial charge in [-0.05, 0) is 42.6 Å². The van der Waals surface area contributed by atoms with Crippen molar-refractivity contribution in [1.29, 1.82) is 0 Å². The first-order valence-corrected chi connectivity index (χ1v) is 10.7. The quantitative estimate of drug-likeness (QED) is 0.373. The first-order valence-electron chi connectivity index (χ1n) is 10.7. The van der Waals surface area contributed by atoms with E-state index in [0.29, 0.717) is 31.3 Å². The predicted molar refractivity (Wildman–Crippen MR) is 101 cm³/mol. The van der Waals surface area contributed by atoms with Gasteiger partial charge in [0, 0.05) is 24.2 Å². The Balaban J connectivity index is 1.78. The zero-order chi connectivity index (χ0) is 21.1. The summed E-state index contributed by atoms with van der Waals surface area (Å²) in [6.45, 7) is 9.57. The van der Waals surface area contributed by atoms with E-state index in [1.807, 2.05) is 13.8 Å². The third-order valence-electron chi connectivity index (χ3n) is 9.30. The van der Waals surface area contributed by atoms with Crippen LogP contribution in [0.5, 0.6) is 0 Å². The fourth-order valence-electron chi connectivity index (χ4n) is 8.48. The number of rotatable bonds is 1. The highest BCUT2D eigenvalue weighted by Gasteiger charge is 2.85. The van der Waals surface area contributed by atoms with Gasteiger partial charge < -0.3 is 29.9 Å². The molecule has 4 aliphatic carbocycles. The average Bonchev–Trinajstić information content (AvgIpc) is 2.82. The molecule has 10 atom stereocenters. The van der Waals surface area contributed by atoms with Gasteiger partial charge in [-0.15, -0.1) is 0 Å². The Kier molecular flexibility index (Phi) is 3.87. The number of ether oxygens (including phenoxy) is 2. The maximum absolute atomic E-state index is 12.0. The van der Waals surface area contributed by atoms with Gasteiger partial charge in [-0.2, -0.15) is 0 Å². The second kappa shape index (κ2) is 5.62. The van der Waals surface area contributed by atoms with Crippen LogP contribution >= 0.6 is 0 Å². The SMILES string of the molecule is C=C1[C@@H]2C[C@H](O)[C@H]3[C@@]45CO[C@@](O)([C@@H](O)[C@@H]4C(C)(C)CC[C@@H]5OC(C)=O)[C@]3(C2)[C@@H]1O. The third kappa shape index (κ3) is 2.00. The van der Waals surface area contributed by atoms with E-state index in [9.17, 15) is 25.2 Å². The number of hydrogen-bond donors (Lipinski definition) is 4. The first kappa shape index (κ1) is 19.9. The standard InChI is InChI=1S/C22H32O7/c1-10-12-7-13(24)15-20-9-28-22(27,21(15,8-12)17(10)25)18(26)16(20)19(3,4)6-5-14(20)29-11(2)23/h12-18,24-27H,1,5-9H2,2-4H3/t12-,13+,14+,15+,16-,17-,18+,20+,21+,22+/m1/s1. The van der Waals surface area contributed by atoms with Gasteiger partial charge in [-0.25, -0.2) is 0 Å². The molecule has 4 saturated carbocycles. The summed E-state index contributed by atoms with van der Waals surface area (Å²) in [7, 11) is 0. The second-order valence-corrected chi connectivity index (χ2v) is 10.8. The molecule has 29 heavy (non-hydrogen) atoms. The molecule has 0 aromatic heterocycles. The van der Waals surface area contributed by atoms with Crippen LogP contribution in [-0.2, 0) is 14.3 Å². The molecule has 2 aliphatic heterocycles. The maximum atomic E-state index is 12.0. The molecule has 4 bridgehead atoms. The molecule has 0 unspecified atom stereocenters. The van der Waals surface area contributed by atoms with Crippen LogP contribution in [0.2, 0.25) is 0 Å². The lowest BCUT2D eigenvalue weighted by Crippen LogP contribution is -2.85. The Morgan fingerprint density at radius 3 is 2.59 bits per heavy atom. The molecule has 0 aromatic rings. The Morgan fingerprint density at radius 1 is 1.24 bits per heavy atom. The normalized spacial score (nSPS) is 57.2. The smallest absolute Gasteiger partial charge is 0.302 e. The van der Waals surface area contributed by atoms with E-state index >= 15 is 0 Å². The fraction of sp³-hybridized carbons (Fsp3) is 0.864. The van der Waals surface area contributed by atoms with Crippen molar-refractivity contribution < 1.29 is 34.7 Å². The van der Waals surface area contributed by atoms with Gasteiger partial charge in [0.1, 0.15) is 12.2 Å². The van der Waals surface area contributed by atoms with Gasteiger partial charge in [0.25, 0.3) is 0 Å². The number of esters is 1. The van der Waals surface area contributed by atoms with Crippen molar-refractivity contribution >= 4 is 5.97 Å². The minimum absolute atomic E-state index is 0.0694. The summed E-state index contributed by atoms with van der Waals surface area (Å²) in [5.74, 6) is -3.57. The fourth-order valence-corrected chi connectivity index (χ4v) is 8.48. The zero-order valence-electron chi connectivity index (χ0n) is 17.3. The average molecular weight is 408 g/mol. The zero-order valence-corrected chi connectivity index (χ0v) is 17.3. The van der Waals surface area contributed by atoms with Crippen molar-refractivity contribution in [2.75, 3.05) is 6.61 Å². The molecule has 6 rings (SSSR count). The summed E-state index contributed by atoms with van der Waals surface area (Å²) >= 11 is 0.